The molecule has 0 fully saturated rings. The van der Waals surface area contributed by atoms with E-state index in [2.05, 4.69) is 0 Å². The first-order chi connectivity index (χ1) is 9.56. The summed E-state index contributed by atoms with van der Waals surface area (Å²) in [5, 5.41) is 8.78. The molecule has 0 heterocycles. The molecular weight excluding hydrogens is 250 g/mol. The van der Waals surface area contributed by atoms with Crippen LogP contribution in [0.15, 0.2) is 36.4 Å². The van der Waals surface area contributed by atoms with Crippen molar-refractivity contribution in [2.45, 2.75) is 13.8 Å². The Bertz CT molecular complexity index is 671. The second-order valence-corrected chi connectivity index (χ2v) is 4.65. The zero-order valence-electron chi connectivity index (χ0n) is 11.7. The number of ether oxygens (including phenoxy) is 1. The van der Waals surface area contributed by atoms with Crippen molar-refractivity contribution in [3.05, 3.63) is 64.2 Å². The minimum atomic E-state index is -0.0351. The SMILES string of the molecule is COc1cc(C)c(C(=O)c2ccc(C#N)cc2)c(C)c1. The minimum Gasteiger partial charge on any atom is -0.497 e. The molecule has 0 bridgehead atoms. The summed E-state index contributed by atoms with van der Waals surface area (Å²) in [6, 6.07) is 12.4. The molecular formula is C17H15NO2. The summed E-state index contributed by atoms with van der Waals surface area (Å²) in [6.07, 6.45) is 0. The van der Waals surface area contributed by atoms with Gasteiger partial charge >= 0.3 is 0 Å². The molecule has 3 heteroatoms. The number of carbonyl (C=O) groups excluding carboxylic acids is 1. The van der Waals surface area contributed by atoms with Crippen molar-refractivity contribution in [2.75, 3.05) is 7.11 Å². The van der Waals surface area contributed by atoms with Crippen LogP contribution in [0.5, 0.6) is 5.75 Å². The van der Waals surface area contributed by atoms with Crippen LogP contribution in [0.1, 0.15) is 32.6 Å². The lowest BCUT2D eigenvalue weighted by Gasteiger charge is -2.11. The highest BCUT2D eigenvalue weighted by molar-refractivity contribution is 6.10. The molecule has 2 rings (SSSR count). The maximum atomic E-state index is 12.6. The molecule has 0 amide bonds. The molecule has 2 aromatic rings. The van der Waals surface area contributed by atoms with Crippen LogP contribution in [0.3, 0.4) is 0 Å². The van der Waals surface area contributed by atoms with E-state index in [1.165, 1.54) is 0 Å². The number of hydrogen-bond acceptors (Lipinski definition) is 3. The first-order valence-corrected chi connectivity index (χ1v) is 6.27. The molecule has 0 aliphatic heterocycles. The van der Waals surface area contributed by atoms with Gasteiger partial charge in [0.05, 0.1) is 18.7 Å². The average molecular weight is 265 g/mol. The highest BCUT2D eigenvalue weighted by Gasteiger charge is 2.15. The number of methoxy groups -OCH3 is 1. The number of aryl methyl sites for hydroxylation is 2. The predicted octanol–water partition coefficient (Wildman–Crippen LogP) is 3.41. The van der Waals surface area contributed by atoms with Gasteiger partial charge in [-0.3, -0.25) is 4.79 Å². The average Bonchev–Trinajstić information content (AvgIpc) is 2.46. The summed E-state index contributed by atoms with van der Waals surface area (Å²) in [5.41, 5.74) is 3.59. The summed E-state index contributed by atoms with van der Waals surface area (Å²) >= 11 is 0. The highest BCUT2D eigenvalue weighted by Crippen LogP contribution is 2.24. The molecule has 0 aliphatic carbocycles. The Morgan fingerprint density at radius 1 is 1.10 bits per heavy atom. The lowest BCUT2D eigenvalue weighted by atomic mass is 9.94. The molecule has 0 saturated heterocycles. The van der Waals surface area contributed by atoms with Crippen molar-refractivity contribution >= 4 is 5.78 Å². The fraction of sp³-hybridized carbons (Fsp3) is 0.176. The molecule has 0 aromatic heterocycles. The van der Waals surface area contributed by atoms with Gasteiger partial charge in [0.25, 0.3) is 0 Å². The molecule has 0 saturated carbocycles. The van der Waals surface area contributed by atoms with E-state index in [0.29, 0.717) is 16.7 Å². The van der Waals surface area contributed by atoms with Crippen LogP contribution in [0, 0.1) is 25.2 Å². The number of benzene rings is 2. The lowest BCUT2D eigenvalue weighted by molar-refractivity contribution is 0.103. The summed E-state index contributed by atoms with van der Waals surface area (Å²) < 4.78 is 5.20. The van der Waals surface area contributed by atoms with Gasteiger partial charge in [0.1, 0.15) is 5.75 Å². The van der Waals surface area contributed by atoms with E-state index in [1.807, 2.05) is 32.0 Å². The number of nitriles is 1. The van der Waals surface area contributed by atoms with E-state index in [9.17, 15) is 4.79 Å². The molecule has 0 aliphatic rings. The number of hydrogen-bond donors (Lipinski definition) is 0. The Morgan fingerprint density at radius 2 is 1.65 bits per heavy atom. The third-order valence-electron chi connectivity index (χ3n) is 3.25. The quantitative estimate of drug-likeness (QED) is 0.799. The number of ketones is 1. The van der Waals surface area contributed by atoms with Crippen LogP contribution in [-0.4, -0.2) is 12.9 Å². The summed E-state index contributed by atoms with van der Waals surface area (Å²) in [5.74, 6) is 0.712. The largest absolute Gasteiger partial charge is 0.497 e. The van der Waals surface area contributed by atoms with E-state index in [0.717, 1.165) is 16.9 Å². The first-order valence-electron chi connectivity index (χ1n) is 6.27. The fourth-order valence-corrected chi connectivity index (χ4v) is 2.24. The summed E-state index contributed by atoms with van der Waals surface area (Å²) in [6.45, 7) is 3.79. The van der Waals surface area contributed by atoms with Crippen molar-refractivity contribution < 1.29 is 9.53 Å². The van der Waals surface area contributed by atoms with Crippen LogP contribution in [0.25, 0.3) is 0 Å². The molecule has 0 radical (unpaired) electrons. The van der Waals surface area contributed by atoms with E-state index in [4.69, 9.17) is 10.00 Å². The minimum absolute atomic E-state index is 0.0351. The van der Waals surface area contributed by atoms with Gasteiger partial charge in [-0.05, 0) is 61.4 Å². The summed E-state index contributed by atoms with van der Waals surface area (Å²) in [4.78, 5) is 12.6. The molecule has 0 atom stereocenters. The van der Waals surface area contributed by atoms with Gasteiger partial charge in [0.2, 0.25) is 0 Å². The van der Waals surface area contributed by atoms with Crippen molar-refractivity contribution in [2.24, 2.45) is 0 Å². The topological polar surface area (TPSA) is 50.1 Å². The van der Waals surface area contributed by atoms with Gasteiger partial charge in [0, 0.05) is 11.1 Å². The number of rotatable bonds is 3. The van der Waals surface area contributed by atoms with E-state index >= 15 is 0 Å². The Hall–Kier alpha value is -2.60. The molecule has 3 nitrogen and oxygen atoms in total. The Kier molecular flexibility index (Phi) is 3.86. The second-order valence-electron chi connectivity index (χ2n) is 4.65. The normalized spacial score (nSPS) is 9.90. The van der Waals surface area contributed by atoms with Crippen molar-refractivity contribution in [3.8, 4) is 11.8 Å². The molecule has 20 heavy (non-hydrogen) atoms. The molecule has 0 N–H and O–H groups in total. The van der Waals surface area contributed by atoms with Crippen LogP contribution in [-0.2, 0) is 0 Å². The molecule has 2 aromatic carbocycles. The van der Waals surface area contributed by atoms with Gasteiger partial charge in [-0.15, -0.1) is 0 Å². The Morgan fingerprint density at radius 3 is 2.10 bits per heavy atom. The predicted molar refractivity (Wildman–Crippen MR) is 77.1 cm³/mol. The highest BCUT2D eigenvalue weighted by atomic mass is 16.5. The number of nitrogens with zero attached hydrogens (tertiary/aromatic N) is 1. The first kappa shape index (κ1) is 13.8. The van der Waals surface area contributed by atoms with Crippen LogP contribution in [0.4, 0.5) is 0 Å². The van der Waals surface area contributed by atoms with Gasteiger partial charge < -0.3 is 4.74 Å². The second kappa shape index (κ2) is 5.58. The van der Waals surface area contributed by atoms with Crippen LogP contribution < -0.4 is 4.74 Å². The molecule has 0 spiro atoms. The Labute approximate surface area is 118 Å². The van der Waals surface area contributed by atoms with Crippen LogP contribution >= 0.6 is 0 Å². The molecule has 100 valence electrons. The van der Waals surface area contributed by atoms with Gasteiger partial charge in [0.15, 0.2) is 5.78 Å². The van der Waals surface area contributed by atoms with E-state index in [1.54, 1.807) is 31.4 Å². The zero-order chi connectivity index (χ0) is 14.7. The standard InChI is InChI=1S/C17H15NO2/c1-11-8-15(20-3)9-12(2)16(11)17(19)14-6-4-13(10-18)5-7-14/h4-9H,1-3H3. The maximum Gasteiger partial charge on any atom is 0.193 e. The zero-order valence-corrected chi connectivity index (χ0v) is 11.7. The van der Waals surface area contributed by atoms with E-state index < -0.39 is 0 Å². The Balaban J connectivity index is 2.45. The maximum absolute atomic E-state index is 12.6. The van der Waals surface area contributed by atoms with Crippen molar-refractivity contribution in [3.63, 3.8) is 0 Å². The smallest absolute Gasteiger partial charge is 0.193 e. The van der Waals surface area contributed by atoms with Crippen LogP contribution in [0.2, 0.25) is 0 Å². The van der Waals surface area contributed by atoms with E-state index in [-0.39, 0.29) is 5.78 Å². The monoisotopic (exact) mass is 265 g/mol. The number of carbonyl (C=O) groups is 1. The molecule has 0 unspecified atom stereocenters. The lowest BCUT2D eigenvalue weighted by Crippen LogP contribution is -2.06. The fourth-order valence-electron chi connectivity index (χ4n) is 2.24. The third kappa shape index (κ3) is 2.55. The third-order valence-corrected chi connectivity index (χ3v) is 3.25. The van der Waals surface area contributed by atoms with Gasteiger partial charge in [-0.25, -0.2) is 0 Å². The van der Waals surface area contributed by atoms with Crippen molar-refractivity contribution in [1.82, 2.24) is 0 Å². The van der Waals surface area contributed by atoms with Gasteiger partial charge in [-0.2, -0.15) is 5.26 Å². The van der Waals surface area contributed by atoms with Crippen molar-refractivity contribution in [1.29, 1.82) is 5.26 Å². The van der Waals surface area contributed by atoms with Gasteiger partial charge in [-0.1, -0.05) is 0 Å². The summed E-state index contributed by atoms with van der Waals surface area (Å²) in [7, 11) is 1.61.